The molecule has 0 aliphatic heterocycles. The third-order valence-electron chi connectivity index (χ3n) is 0.851. The van der Waals surface area contributed by atoms with Crippen molar-refractivity contribution in [3.05, 3.63) is 10.6 Å². The Labute approximate surface area is 76.2 Å². The molecule has 0 aliphatic carbocycles. The highest BCUT2D eigenvalue weighted by Crippen LogP contribution is 1.99. The topological polar surface area (TPSA) is 30.5 Å². The first-order chi connectivity index (χ1) is 5.31. The molecule has 0 bridgehead atoms. The lowest BCUT2D eigenvalue weighted by molar-refractivity contribution is 0.0118. The normalized spacial score (nSPS) is 12.1. The smallest absolute Gasteiger partial charge is 0.0916 e. The summed E-state index contributed by atoms with van der Waals surface area (Å²) in [5.74, 6) is 0. The number of rotatable bonds is 6. The van der Waals surface area contributed by atoms with E-state index in [1.54, 1.807) is 7.11 Å². The monoisotopic (exact) mass is 199 g/mol. The number of hydrogen-bond acceptors (Lipinski definition) is 3. The summed E-state index contributed by atoms with van der Waals surface area (Å²) in [6.07, 6.45) is 0. The summed E-state index contributed by atoms with van der Waals surface area (Å²) in [5, 5.41) is 0.504. The molecule has 0 saturated heterocycles. The van der Waals surface area contributed by atoms with Crippen molar-refractivity contribution in [1.29, 1.82) is 0 Å². The second-order valence-electron chi connectivity index (χ2n) is 1.72. The Kier molecular flexibility index (Phi) is 8.45. The summed E-state index contributed by atoms with van der Waals surface area (Å²) >= 11 is 10.8. The Morgan fingerprint density at radius 2 is 2.27 bits per heavy atom. The van der Waals surface area contributed by atoms with Gasteiger partial charge in [0.05, 0.1) is 19.8 Å². The van der Waals surface area contributed by atoms with Crippen LogP contribution >= 0.6 is 23.2 Å². The third kappa shape index (κ3) is 8.10. The molecule has 0 fully saturated rings. The summed E-state index contributed by atoms with van der Waals surface area (Å²) < 4.78 is 4.74. The summed E-state index contributed by atoms with van der Waals surface area (Å²) in [7, 11) is 1.61. The van der Waals surface area contributed by atoms with Gasteiger partial charge in [-0.05, 0) is 0 Å². The Bertz CT molecular complexity index is 119. The molecule has 0 atom stereocenters. The minimum Gasteiger partial charge on any atom is -0.382 e. The maximum atomic E-state index is 5.53. The van der Waals surface area contributed by atoms with E-state index in [1.165, 1.54) is 5.54 Å². The van der Waals surface area contributed by atoms with E-state index in [0.29, 0.717) is 24.8 Å². The lowest BCUT2D eigenvalue weighted by Gasteiger charge is -2.02. The van der Waals surface area contributed by atoms with E-state index in [1.807, 2.05) is 0 Å². The van der Waals surface area contributed by atoms with E-state index in [0.717, 1.165) is 0 Å². The van der Waals surface area contributed by atoms with Gasteiger partial charge >= 0.3 is 0 Å². The first-order valence-electron chi connectivity index (χ1n) is 3.09. The molecule has 0 spiro atoms. The maximum absolute atomic E-state index is 5.53. The zero-order chi connectivity index (χ0) is 8.53. The molecule has 3 nitrogen and oxygen atoms in total. The molecule has 5 heteroatoms. The largest absolute Gasteiger partial charge is 0.382 e. The molecule has 11 heavy (non-hydrogen) atoms. The number of methoxy groups -OCH3 is 1. The quantitative estimate of drug-likeness (QED) is 0.520. The second kappa shape index (κ2) is 8.30. The van der Waals surface area contributed by atoms with E-state index in [9.17, 15) is 0 Å². The van der Waals surface area contributed by atoms with Crippen LogP contribution in [0.1, 0.15) is 0 Å². The average Bonchev–Trinajstić information content (AvgIpc) is 2.04. The summed E-state index contributed by atoms with van der Waals surface area (Å²) in [4.78, 5) is 4.89. The average molecular weight is 200 g/mol. The third-order valence-corrected chi connectivity index (χ3v) is 1.47. The second-order valence-corrected chi connectivity index (χ2v) is 2.42. The van der Waals surface area contributed by atoms with Crippen molar-refractivity contribution < 1.29 is 9.57 Å². The van der Waals surface area contributed by atoms with Gasteiger partial charge in [0.1, 0.15) is 0 Å². The molecule has 1 N–H and O–H groups in total. The highest BCUT2D eigenvalue weighted by molar-refractivity contribution is 6.36. The van der Waals surface area contributed by atoms with Crippen LogP contribution in [0.2, 0.25) is 0 Å². The molecular formula is C6H11Cl2NO2. The first-order valence-corrected chi connectivity index (χ1v) is 3.91. The molecule has 0 saturated carbocycles. The Hall–Kier alpha value is 0.200. The van der Waals surface area contributed by atoms with Crippen LogP contribution in [0, 0.1) is 0 Å². The summed E-state index contributed by atoms with van der Waals surface area (Å²) in [6, 6.07) is 0. The van der Waals surface area contributed by atoms with Crippen LogP contribution in [0.15, 0.2) is 10.6 Å². The molecule has 0 aromatic rings. The van der Waals surface area contributed by atoms with Crippen molar-refractivity contribution in [2.75, 3.05) is 26.9 Å². The number of nitrogens with one attached hydrogen (secondary N) is 1. The van der Waals surface area contributed by atoms with Crippen molar-refractivity contribution in [2.45, 2.75) is 0 Å². The van der Waals surface area contributed by atoms with Crippen LogP contribution in [0.3, 0.4) is 0 Å². The molecular weight excluding hydrogens is 189 g/mol. The van der Waals surface area contributed by atoms with Crippen LogP contribution in [-0.2, 0) is 9.57 Å². The van der Waals surface area contributed by atoms with Crippen LogP contribution in [-0.4, -0.2) is 26.9 Å². The fourth-order valence-electron chi connectivity index (χ4n) is 0.356. The fourth-order valence-corrected chi connectivity index (χ4v) is 0.487. The standard InChI is InChI=1S/C6H11Cl2NO2/c1-10-2-3-11-9-5-6(8)4-7/h4,9H,2-3,5H2,1H3. The number of halogens is 2. The highest BCUT2D eigenvalue weighted by Gasteiger charge is 1.90. The van der Waals surface area contributed by atoms with E-state index < -0.39 is 0 Å². The van der Waals surface area contributed by atoms with Crippen molar-refractivity contribution in [3.8, 4) is 0 Å². The van der Waals surface area contributed by atoms with E-state index in [2.05, 4.69) is 5.48 Å². The minimum absolute atomic E-state index is 0.411. The molecule has 66 valence electrons. The van der Waals surface area contributed by atoms with Gasteiger partial charge in [0.25, 0.3) is 0 Å². The predicted octanol–water partition coefficient (Wildman–Crippen LogP) is 1.47. The zero-order valence-corrected chi connectivity index (χ0v) is 7.78. The van der Waals surface area contributed by atoms with Gasteiger partial charge in [0.2, 0.25) is 0 Å². The van der Waals surface area contributed by atoms with Crippen LogP contribution < -0.4 is 5.48 Å². The Morgan fingerprint density at radius 3 is 2.82 bits per heavy atom. The highest BCUT2D eigenvalue weighted by atomic mass is 35.5. The SMILES string of the molecule is COCCONCC(Cl)=CCl. The number of hydrogen-bond donors (Lipinski definition) is 1. The van der Waals surface area contributed by atoms with Gasteiger partial charge in [0, 0.05) is 17.7 Å². The van der Waals surface area contributed by atoms with Gasteiger partial charge in [-0.2, -0.15) is 5.48 Å². The molecule has 0 aromatic heterocycles. The lowest BCUT2D eigenvalue weighted by atomic mass is 10.6. The molecule has 0 aromatic carbocycles. The fraction of sp³-hybridized carbons (Fsp3) is 0.667. The van der Waals surface area contributed by atoms with Gasteiger partial charge in [-0.25, -0.2) is 0 Å². The molecule has 0 aliphatic rings. The van der Waals surface area contributed by atoms with Gasteiger partial charge in [0.15, 0.2) is 0 Å². The lowest BCUT2D eigenvalue weighted by Crippen LogP contribution is -2.18. The molecule has 0 unspecified atom stereocenters. The van der Waals surface area contributed by atoms with E-state index in [-0.39, 0.29) is 0 Å². The summed E-state index contributed by atoms with van der Waals surface area (Å²) in [5.41, 5.74) is 3.89. The molecule has 0 amide bonds. The van der Waals surface area contributed by atoms with Gasteiger partial charge in [-0.1, -0.05) is 23.2 Å². The number of hydroxylamine groups is 1. The molecule has 0 heterocycles. The van der Waals surface area contributed by atoms with Crippen LogP contribution in [0.5, 0.6) is 0 Å². The van der Waals surface area contributed by atoms with Gasteiger partial charge in [-0.15, -0.1) is 0 Å². The molecule has 0 rings (SSSR count). The first kappa shape index (κ1) is 11.2. The van der Waals surface area contributed by atoms with Gasteiger partial charge in [-0.3, -0.25) is 4.84 Å². The van der Waals surface area contributed by atoms with E-state index in [4.69, 9.17) is 32.8 Å². The van der Waals surface area contributed by atoms with Crippen LogP contribution in [0.25, 0.3) is 0 Å². The Balaban J connectivity index is 3.02. The summed E-state index contributed by atoms with van der Waals surface area (Å²) in [6.45, 7) is 1.45. The minimum atomic E-state index is 0.411. The molecule has 0 radical (unpaired) electrons. The zero-order valence-electron chi connectivity index (χ0n) is 6.27. The van der Waals surface area contributed by atoms with Crippen molar-refractivity contribution in [1.82, 2.24) is 5.48 Å². The van der Waals surface area contributed by atoms with Gasteiger partial charge < -0.3 is 4.74 Å². The Morgan fingerprint density at radius 1 is 1.55 bits per heavy atom. The van der Waals surface area contributed by atoms with Crippen molar-refractivity contribution >= 4 is 23.2 Å². The number of ether oxygens (including phenoxy) is 1. The van der Waals surface area contributed by atoms with Crippen molar-refractivity contribution in [2.24, 2.45) is 0 Å². The predicted molar refractivity (Wildman–Crippen MR) is 45.6 cm³/mol. The van der Waals surface area contributed by atoms with Crippen LogP contribution in [0.4, 0.5) is 0 Å². The maximum Gasteiger partial charge on any atom is 0.0916 e. The van der Waals surface area contributed by atoms with E-state index >= 15 is 0 Å². The van der Waals surface area contributed by atoms with Crippen molar-refractivity contribution in [3.63, 3.8) is 0 Å².